The number of hydrogen-bond acceptors (Lipinski definition) is 5. The monoisotopic (exact) mass is 297 g/mol. The van der Waals surface area contributed by atoms with Gasteiger partial charge in [-0.2, -0.15) is 0 Å². The molecule has 21 heavy (non-hydrogen) atoms. The summed E-state index contributed by atoms with van der Waals surface area (Å²) >= 11 is 0. The third kappa shape index (κ3) is 5.28. The van der Waals surface area contributed by atoms with Gasteiger partial charge in [-0.15, -0.1) is 0 Å². The number of pyridine rings is 1. The molecule has 4 N–H and O–H groups in total. The van der Waals surface area contributed by atoms with Crippen molar-refractivity contribution in [2.75, 3.05) is 25.6 Å². The highest BCUT2D eigenvalue weighted by molar-refractivity contribution is 5.95. The minimum absolute atomic E-state index is 0.0581. The number of rotatable bonds is 8. The summed E-state index contributed by atoms with van der Waals surface area (Å²) in [6, 6.07) is 1.84. The number of hydrogen-bond donors (Lipinski definition) is 3. The molecule has 0 spiro atoms. The Morgan fingerprint density at radius 3 is 2.81 bits per heavy atom. The maximum absolute atomic E-state index is 13.8. The molecule has 0 bridgehead atoms. The van der Waals surface area contributed by atoms with E-state index in [4.69, 9.17) is 5.84 Å². The molecular weight excluding hydrogens is 273 g/mol. The molecule has 0 unspecified atom stereocenters. The molecule has 0 aliphatic rings. The second-order valence-electron chi connectivity index (χ2n) is 5.20. The van der Waals surface area contributed by atoms with Crippen molar-refractivity contribution in [3.63, 3.8) is 0 Å². The highest BCUT2D eigenvalue weighted by atomic mass is 19.1. The van der Waals surface area contributed by atoms with Gasteiger partial charge in [-0.3, -0.25) is 4.79 Å². The van der Waals surface area contributed by atoms with Gasteiger partial charge in [0.25, 0.3) is 5.91 Å². The molecule has 0 saturated heterocycles. The van der Waals surface area contributed by atoms with E-state index >= 15 is 0 Å². The molecular formula is C14H24FN5O. The van der Waals surface area contributed by atoms with Crippen molar-refractivity contribution >= 4 is 11.7 Å². The number of nitrogens with one attached hydrogen (secondary N) is 2. The molecule has 0 fully saturated rings. The van der Waals surface area contributed by atoms with Gasteiger partial charge in [0.2, 0.25) is 0 Å². The SMILES string of the molecule is CC(C)N(C)CCCCNC(=O)c1ccnc(NN)c1F. The number of halogens is 1. The molecule has 1 aromatic rings. The quantitative estimate of drug-likeness (QED) is 0.383. The van der Waals surface area contributed by atoms with Crippen molar-refractivity contribution in [2.24, 2.45) is 5.84 Å². The largest absolute Gasteiger partial charge is 0.352 e. The number of nitrogens with two attached hydrogens (primary N) is 1. The van der Waals surface area contributed by atoms with Crippen molar-refractivity contribution in [1.82, 2.24) is 15.2 Å². The first-order chi connectivity index (χ1) is 9.97. The second-order valence-corrected chi connectivity index (χ2v) is 5.20. The van der Waals surface area contributed by atoms with E-state index in [-0.39, 0.29) is 11.4 Å². The van der Waals surface area contributed by atoms with Crippen LogP contribution >= 0.6 is 0 Å². The normalized spacial score (nSPS) is 11.0. The van der Waals surface area contributed by atoms with Gasteiger partial charge in [0.1, 0.15) is 0 Å². The van der Waals surface area contributed by atoms with Crippen molar-refractivity contribution in [2.45, 2.75) is 32.7 Å². The zero-order chi connectivity index (χ0) is 15.8. The predicted octanol–water partition coefficient (Wildman–Crippen LogP) is 1.36. The molecule has 1 heterocycles. The number of amides is 1. The Bertz CT molecular complexity index is 467. The van der Waals surface area contributed by atoms with Crippen LogP contribution in [0.3, 0.4) is 0 Å². The smallest absolute Gasteiger partial charge is 0.254 e. The van der Waals surface area contributed by atoms with Crippen molar-refractivity contribution in [3.05, 3.63) is 23.6 Å². The molecule has 0 aliphatic heterocycles. The lowest BCUT2D eigenvalue weighted by atomic mass is 10.2. The fourth-order valence-corrected chi connectivity index (χ4v) is 1.76. The Morgan fingerprint density at radius 1 is 1.48 bits per heavy atom. The van der Waals surface area contributed by atoms with E-state index in [9.17, 15) is 9.18 Å². The Kier molecular flexibility index (Phi) is 7.04. The molecule has 0 saturated carbocycles. The summed E-state index contributed by atoms with van der Waals surface area (Å²) in [5.74, 6) is 3.79. The van der Waals surface area contributed by atoms with E-state index in [0.717, 1.165) is 19.4 Å². The summed E-state index contributed by atoms with van der Waals surface area (Å²) < 4.78 is 13.8. The molecule has 0 aliphatic carbocycles. The van der Waals surface area contributed by atoms with Gasteiger partial charge in [0, 0.05) is 18.8 Å². The Labute approximate surface area is 124 Å². The Morgan fingerprint density at radius 2 is 2.19 bits per heavy atom. The van der Waals surface area contributed by atoms with Crippen LogP contribution < -0.4 is 16.6 Å². The first-order valence-electron chi connectivity index (χ1n) is 7.07. The van der Waals surface area contributed by atoms with E-state index in [1.165, 1.54) is 12.3 Å². The first-order valence-corrected chi connectivity index (χ1v) is 7.07. The van der Waals surface area contributed by atoms with Crippen molar-refractivity contribution in [3.8, 4) is 0 Å². The molecule has 1 rings (SSSR count). The highest BCUT2D eigenvalue weighted by Crippen LogP contribution is 2.13. The number of aromatic nitrogens is 1. The number of anilines is 1. The number of nitrogens with zero attached hydrogens (tertiary/aromatic N) is 2. The van der Waals surface area contributed by atoms with Gasteiger partial charge >= 0.3 is 0 Å². The van der Waals surface area contributed by atoms with Crippen LogP contribution in [-0.2, 0) is 0 Å². The second kappa shape index (κ2) is 8.53. The van der Waals surface area contributed by atoms with Crippen LogP contribution in [-0.4, -0.2) is 42.0 Å². The maximum Gasteiger partial charge on any atom is 0.254 e. The van der Waals surface area contributed by atoms with Crippen molar-refractivity contribution < 1.29 is 9.18 Å². The fourth-order valence-electron chi connectivity index (χ4n) is 1.76. The average Bonchev–Trinajstić information content (AvgIpc) is 2.46. The lowest BCUT2D eigenvalue weighted by molar-refractivity contribution is 0.0948. The van der Waals surface area contributed by atoms with Gasteiger partial charge in [-0.25, -0.2) is 15.2 Å². The van der Waals surface area contributed by atoms with Crippen LogP contribution in [0, 0.1) is 5.82 Å². The summed E-state index contributed by atoms with van der Waals surface area (Å²) in [7, 11) is 2.07. The maximum atomic E-state index is 13.8. The molecule has 6 nitrogen and oxygen atoms in total. The van der Waals surface area contributed by atoms with Crippen LogP contribution in [0.1, 0.15) is 37.0 Å². The van der Waals surface area contributed by atoms with Gasteiger partial charge in [0.15, 0.2) is 11.6 Å². The molecule has 0 radical (unpaired) electrons. The molecule has 1 aromatic heterocycles. The summed E-state index contributed by atoms with van der Waals surface area (Å²) in [5, 5.41) is 2.70. The van der Waals surface area contributed by atoms with Gasteiger partial charge < -0.3 is 15.6 Å². The van der Waals surface area contributed by atoms with Crippen LogP contribution in [0.5, 0.6) is 0 Å². The molecule has 1 amide bonds. The first kappa shape index (κ1) is 17.3. The fraction of sp³-hybridized carbons (Fsp3) is 0.571. The summed E-state index contributed by atoms with van der Waals surface area (Å²) in [4.78, 5) is 17.8. The summed E-state index contributed by atoms with van der Waals surface area (Å²) in [6.07, 6.45) is 3.16. The summed E-state index contributed by atoms with van der Waals surface area (Å²) in [5.41, 5.74) is 2.06. The predicted molar refractivity (Wildman–Crippen MR) is 81.3 cm³/mol. The minimum Gasteiger partial charge on any atom is -0.352 e. The molecule has 7 heteroatoms. The minimum atomic E-state index is -0.739. The number of carbonyl (C=O) groups excluding carboxylic acids is 1. The lowest BCUT2D eigenvalue weighted by Gasteiger charge is -2.20. The number of nitrogen functional groups attached to an aromatic ring is 1. The zero-order valence-electron chi connectivity index (χ0n) is 12.8. The van der Waals surface area contributed by atoms with Crippen LogP contribution in [0.4, 0.5) is 10.2 Å². The standard InChI is InChI=1S/C14H24FN5O/c1-10(2)20(3)9-5-4-7-18-14(21)11-6-8-17-13(19-16)12(11)15/h6,8,10H,4-5,7,9,16H2,1-3H3,(H,17,19)(H,18,21). The molecule has 0 aromatic carbocycles. The van der Waals surface area contributed by atoms with E-state index in [1.807, 2.05) is 0 Å². The number of hydrazine groups is 1. The van der Waals surface area contributed by atoms with Crippen LogP contribution in [0.15, 0.2) is 12.3 Å². The third-order valence-electron chi connectivity index (χ3n) is 3.38. The Hall–Kier alpha value is -1.73. The van der Waals surface area contributed by atoms with Gasteiger partial charge in [-0.1, -0.05) is 0 Å². The van der Waals surface area contributed by atoms with Crippen LogP contribution in [0.2, 0.25) is 0 Å². The summed E-state index contributed by atoms with van der Waals surface area (Å²) in [6.45, 7) is 5.75. The van der Waals surface area contributed by atoms with Gasteiger partial charge in [-0.05, 0) is 46.3 Å². The number of carbonyl (C=O) groups is 1. The topological polar surface area (TPSA) is 83.3 Å². The molecule has 118 valence electrons. The Balaban J connectivity index is 2.38. The third-order valence-corrected chi connectivity index (χ3v) is 3.38. The van der Waals surface area contributed by atoms with E-state index in [0.29, 0.717) is 12.6 Å². The highest BCUT2D eigenvalue weighted by Gasteiger charge is 2.15. The number of unbranched alkanes of at least 4 members (excludes halogenated alkanes) is 1. The molecule has 0 atom stereocenters. The average molecular weight is 297 g/mol. The van der Waals surface area contributed by atoms with E-state index < -0.39 is 11.7 Å². The van der Waals surface area contributed by atoms with E-state index in [2.05, 4.69) is 41.5 Å². The van der Waals surface area contributed by atoms with Gasteiger partial charge in [0.05, 0.1) is 5.56 Å². The van der Waals surface area contributed by atoms with Crippen molar-refractivity contribution in [1.29, 1.82) is 0 Å². The van der Waals surface area contributed by atoms with Crippen LogP contribution in [0.25, 0.3) is 0 Å². The zero-order valence-corrected chi connectivity index (χ0v) is 12.8. The lowest BCUT2D eigenvalue weighted by Crippen LogP contribution is -2.29. The van der Waals surface area contributed by atoms with E-state index in [1.54, 1.807) is 0 Å².